The summed E-state index contributed by atoms with van der Waals surface area (Å²) in [7, 11) is 1.72. The van der Waals surface area contributed by atoms with Gasteiger partial charge < -0.3 is 20.3 Å². The van der Waals surface area contributed by atoms with Crippen LogP contribution in [-0.4, -0.2) is 60.7 Å². The van der Waals surface area contributed by atoms with Crippen LogP contribution >= 0.6 is 0 Å². The fourth-order valence-electron chi connectivity index (χ4n) is 4.00. The second-order valence-electron chi connectivity index (χ2n) is 9.50. The van der Waals surface area contributed by atoms with Gasteiger partial charge in [0.15, 0.2) is 11.6 Å². The molecular formula is C25H37N3O5. The number of likely N-dealkylation sites (tertiary alicyclic amines) is 1. The Labute approximate surface area is 196 Å². The zero-order valence-corrected chi connectivity index (χ0v) is 20.3. The Balaban J connectivity index is 2.02. The van der Waals surface area contributed by atoms with Crippen LogP contribution in [0.15, 0.2) is 30.3 Å². The van der Waals surface area contributed by atoms with E-state index < -0.39 is 24.1 Å². The molecule has 8 nitrogen and oxygen atoms in total. The second kappa shape index (κ2) is 12.5. The van der Waals surface area contributed by atoms with Gasteiger partial charge in [-0.3, -0.25) is 14.4 Å². The number of carbonyl (C=O) groups excluding carboxylic acids is 4. The molecule has 8 heteroatoms. The molecule has 33 heavy (non-hydrogen) atoms. The van der Waals surface area contributed by atoms with Crippen molar-refractivity contribution in [2.45, 2.75) is 59.2 Å². The first-order valence-corrected chi connectivity index (χ1v) is 11.6. The monoisotopic (exact) mass is 459 g/mol. The number of amides is 2. The standard InChI is InChI=1S/C25H37N3O5/c1-16(2)11-20(27-25(32)33-15-18-9-7-6-8-10-18)23(30)19-13-28(14-22(19)29)24(31)21(26-5)12-17(3)4/h6-10,16-17,19-21,26H,11-15H2,1-5H3,(H,27,32). The quantitative estimate of drug-likeness (QED) is 0.493. The molecule has 1 aliphatic heterocycles. The van der Waals surface area contributed by atoms with E-state index in [1.165, 1.54) is 4.90 Å². The number of hydrogen-bond acceptors (Lipinski definition) is 6. The fourth-order valence-corrected chi connectivity index (χ4v) is 4.00. The smallest absolute Gasteiger partial charge is 0.408 e. The molecule has 1 aliphatic rings. The minimum absolute atomic E-state index is 0.0438. The molecule has 0 aromatic heterocycles. The van der Waals surface area contributed by atoms with Crippen molar-refractivity contribution in [3.8, 4) is 0 Å². The highest BCUT2D eigenvalue weighted by Gasteiger charge is 2.42. The summed E-state index contributed by atoms with van der Waals surface area (Å²) in [5.74, 6) is -1.35. The van der Waals surface area contributed by atoms with Gasteiger partial charge in [-0.1, -0.05) is 58.0 Å². The summed E-state index contributed by atoms with van der Waals surface area (Å²) < 4.78 is 5.26. The van der Waals surface area contributed by atoms with Crippen molar-refractivity contribution in [1.82, 2.24) is 15.5 Å². The average molecular weight is 460 g/mol. The molecule has 0 radical (unpaired) electrons. The number of hydrogen-bond donors (Lipinski definition) is 2. The summed E-state index contributed by atoms with van der Waals surface area (Å²) in [6, 6.07) is 7.99. The Kier molecular flexibility index (Phi) is 10.0. The number of benzene rings is 1. The van der Waals surface area contributed by atoms with Gasteiger partial charge in [-0.25, -0.2) is 4.79 Å². The Morgan fingerprint density at radius 3 is 2.21 bits per heavy atom. The van der Waals surface area contributed by atoms with Crippen LogP contribution < -0.4 is 10.6 Å². The fraction of sp³-hybridized carbons (Fsp3) is 0.600. The van der Waals surface area contributed by atoms with Crippen molar-refractivity contribution < 1.29 is 23.9 Å². The third kappa shape index (κ3) is 7.96. The van der Waals surface area contributed by atoms with Crippen molar-refractivity contribution in [2.75, 3.05) is 20.1 Å². The number of nitrogens with zero attached hydrogens (tertiary/aromatic N) is 1. The van der Waals surface area contributed by atoms with Gasteiger partial charge in [-0.15, -0.1) is 0 Å². The van der Waals surface area contributed by atoms with E-state index in [9.17, 15) is 19.2 Å². The van der Waals surface area contributed by atoms with Crippen LogP contribution in [0, 0.1) is 17.8 Å². The van der Waals surface area contributed by atoms with Gasteiger partial charge in [0, 0.05) is 6.54 Å². The predicted molar refractivity (Wildman–Crippen MR) is 125 cm³/mol. The van der Waals surface area contributed by atoms with E-state index in [4.69, 9.17) is 4.74 Å². The zero-order chi connectivity index (χ0) is 24.5. The summed E-state index contributed by atoms with van der Waals surface area (Å²) in [5, 5.41) is 5.65. The van der Waals surface area contributed by atoms with Gasteiger partial charge >= 0.3 is 6.09 Å². The molecule has 1 heterocycles. The molecule has 1 fully saturated rings. The second-order valence-corrected chi connectivity index (χ2v) is 9.50. The van der Waals surface area contributed by atoms with Crippen LogP contribution in [0.4, 0.5) is 4.79 Å². The molecule has 1 saturated heterocycles. The summed E-state index contributed by atoms with van der Waals surface area (Å²) in [4.78, 5) is 52.6. The Bertz CT molecular complexity index is 825. The van der Waals surface area contributed by atoms with Crippen molar-refractivity contribution >= 4 is 23.6 Å². The number of rotatable bonds is 11. The highest BCUT2D eigenvalue weighted by molar-refractivity contribution is 6.09. The van der Waals surface area contributed by atoms with E-state index in [0.717, 1.165) is 5.56 Å². The van der Waals surface area contributed by atoms with E-state index in [2.05, 4.69) is 10.6 Å². The largest absolute Gasteiger partial charge is 0.445 e. The first kappa shape index (κ1) is 26.5. The molecule has 1 aromatic carbocycles. The predicted octanol–water partition coefficient (Wildman–Crippen LogP) is 2.56. The maximum absolute atomic E-state index is 13.2. The third-order valence-electron chi connectivity index (χ3n) is 5.70. The highest BCUT2D eigenvalue weighted by Crippen LogP contribution is 2.20. The molecule has 3 atom stereocenters. The lowest BCUT2D eigenvalue weighted by Gasteiger charge is -2.24. The maximum Gasteiger partial charge on any atom is 0.408 e. The third-order valence-corrected chi connectivity index (χ3v) is 5.70. The zero-order valence-electron chi connectivity index (χ0n) is 20.3. The molecule has 0 spiro atoms. The Hall–Kier alpha value is -2.74. The molecule has 0 saturated carbocycles. The SMILES string of the molecule is CNC(CC(C)C)C(=O)N1CC(=O)C(C(=O)C(CC(C)C)NC(=O)OCc2ccccc2)C1. The van der Waals surface area contributed by atoms with Crippen LogP contribution in [0.3, 0.4) is 0 Å². The molecule has 182 valence electrons. The normalized spacial score (nSPS) is 17.8. The van der Waals surface area contributed by atoms with Crippen LogP contribution in [0.25, 0.3) is 0 Å². The topological polar surface area (TPSA) is 105 Å². The molecular weight excluding hydrogens is 422 g/mol. The summed E-state index contributed by atoms with van der Waals surface area (Å²) in [5.41, 5.74) is 0.833. The maximum atomic E-state index is 13.2. The van der Waals surface area contributed by atoms with Crippen molar-refractivity contribution in [2.24, 2.45) is 17.8 Å². The van der Waals surface area contributed by atoms with Crippen LogP contribution in [0.1, 0.15) is 46.1 Å². The molecule has 3 unspecified atom stereocenters. The first-order chi connectivity index (χ1) is 15.6. The van der Waals surface area contributed by atoms with Gasteiger partial charge in [-0.05, 0) is 37.3 Å². The van der Waals surface area contributed by atoms with Gasteiger partial charge in [0.25, 0.3) is 0 Å². The summed E-state index contributed by atoms with van der Waals surface area (Å²) in [6.45, 7) is 7.97. The Morgan fingerprint density at radius 1 is 1.03 bits per heavy atom. The van der Waals surface area contributed by atoms with Crippen LogP contribution in [0.5, 0.6) is 0 Å². The number of ether oxygens (including phenoxy) is 1. The number of nitrogens with one attached hydrogen (secondary N) is 2. The highest BCUT2D eigenvalue weighted by atomic mass is 16.5. The summed E-state index contributed by atoms with van der Waals surface area (Å²) in [6.07, 6.45) is 0.316. The lowest BCUT2D eigenvalue weighted by atomic mass is 9.91. The molecule has 0 bridgehead atoms. The van der Waals surface area contributed by atoms with Gasteiger partial charge in [0.2, 0.25) is 5.91 Å². The van der Waals surface area contributed by atoms with Crippen molar-refractivity contribution in [3.63, 3.8) is 0 Å². The van der Waals surface area contributed by atoms with Crippen LogP contribution in [-0.2, 0) is 25.7 Å². The van der Waals surface area contributed by atoms with Crippen molar-refractivity contribution in [1.29, 1.82) is 0 Å². The number of Topliss-reactive ketones (excluding diaryl/α,β-unsaturated/α-hetero) is 2. The van der Waals surface area contributed by atoms with Crippen LogP contribution in [0.2, 0.25) is 0 Å². The van der Waals surface area contributed by atoms with E-state index in [0.29, 0.717) is 18.8 Å². The minimum Gasteiger partial charge on any atom is -0.445 e. The first-order valence-electron chi connectivity index (χ1n) is 11.6. The number of ketones is 2. The lowest BCUT2D eigenvalue weighted by Crippen LogP contribution is -2.47. The Morgan fingerprint density at radius 2 is 1.64 bits per heavy atom. The lowest BCUT2D eigenvalue weighted by molar-refractivity contribution is -0.134. The molecule has 2 amide bonds. The van der Waals surface area contributed by atoms with Gasteiger partial charge in [-0.2, -0.15) is 0 Å². The summed E-state index contributed by atoms with van der Waals surface area (Å²) >= 11 is 0. The molecule has 2 N–H and O–H groups in total. The number of likely N-dealkylation sites (N-methyl/N-ethyl adjacent to an activating group) is 1. The van der Waals surface area contributed by atoms with E-state index in [1.54, 1.807) is 7.05 Å². The van der Waals surface area contributed by atoms with Gasteiger partial charge in [0.05, 0.1) is 24.5 Å². The van der Waals surface area contributed by atoms with E-state index in [-0.39, 0.29) is 43.1 Å². The number of carbonyl (C=O) groups is 4. The molecule has 0 aliphatic carbocycles. The molecule has 2 rings (SSSR count). The van der Waals surface area contributed by atoms with Gasteiger partial charge in [0.1, 0.15) is 6.61 Å². The van der Waals surface area contributed by atoms with E-state index >= 15 is 0 Å². The molecule has 1 aromatic rings. The van der Waals surface area contributed by atoms with E-state index in [1.807, 2.05) is 58.0 Å². The average Bonchev–Trinajstić information content (AvgIpc) is 3.16. The minimum atomic E-state index is -0.941. The van der Waals surface area contributed by atoms with Crippen molar-refractivity contribution in [3.05, 3.63) is 35.9 Å². The number of alkyl carbamates (subject to hydrolysis) is 1.